The van der Waals surface area contributed by atoms with E-state index in [1.807, 2.05) is 97.1 Å². The molecule has 1 aliphatic rings. The molecule has 0 saturated heterocycles. The smallest absolute Gasteiger partial charge is 0.452 e. The zero-order chi connectivity index (χ0) is 34.5. The lowest BCUT2D eigenvalue weighted by Crippen LogP contribution is -2.41. The highest BCUT2D eigenvalue weighted by Gasteiger charge is 2.36. The van der Waals surface area contributed by atoms with Crippen LogP contribution in [-0.2, 0) is 0 Å². The lowest BCUT2D eigenvalue weighted by atomic mass is 10.1. The number of para-hydroxylation sites is 2. The van der Waals surface area contributed by atoms with E-state index < -0.39 is 24.6 Å². The second kappa shape index (κ2) is 15.1. The molecule has 1 heterocycles. The average Bonchev–Trinajstić information content (AvgIpc) is 3.14. The highest BCUT2D eigenvalue weighted by molar-refractivity contribution is 7.80. The number of ether oxygens (including phenoxy) is 1. The maximum absolute atomic E-state index is 14.3. The molecule has 0 unspecified atom stereocenters. The number of fused-ring (bicyclic) bond motifs is 2. The van der Waals surface area contributed by atoms with Crippen LogP contribution in [0.1, 0.15) is 6.42 Å². The maximum atomic E-state index is 14.3. The van der Waals surface area contributed by atoms with Crippen LogP contribution in [0.25, 0.3) is 0 Å². The maximum Gasteiger partial charge on any atom is 0.492 e. The molecule has 7 rings (SSSR count). The van der Waals surface area contributed by atoms with E-state index in [0.29, 0.717) is 22.9 Å². The minimum absolute atomic E-state index is 0.151. The lowest BCUT2D eigenvalue weighted by molar-refractivity contribution is 0.225. The summed E-state index contributed by atoms with van der Waals surface area (Å²) < 4.78 is 7.16. The fourth-order valence-corrected chi connectivity index (χ4v) is 11.6. The zero-order valence-electron chi connectivity index (χ0n) is 27.1. The van der Waals surface area contributed by atoms with Crippen LogP contribution in [0.3, 0.4) is 0 Å². The molecule has 0 aliphatic carbocycles. The van der Waals surface area contributed by atoms with Gasteiger partial charge in [0.1, 0.15) is 0 Å². The average molecular weight is 715 g/mol. The third-order valence-electron chi connectivity index (χ3n) is 8.34. The van der Waals surface area contributed by atoms with E-state index in [2.05, 4.69) is 66.0 Å². The van der Waals surface area contributed by atoms with Crippen molar-refractivity contribution in [1.82, 2.24) is 5.32 Å². The van der Waals surface area contributed by atoms with Gasteiger partial charge in [0.15, 0.2) is 11.5 Å². The van der Waals surface area contributed by atoms with Crippen LogP contribution in [0.5, 0.6) is 11.5 Å². The summed E-state index contributed by atoms with van der Waals surface area (Å²) in [5.41, 5.74) is 1.23. The fraction of sp³-hybridized carbons (Fsp3) is 0.0750. The van der Waals surface area contributed by atoms with E-state index in [0.717, 1.165) is 31.8 Å². The van der Waals surface area contributed by atoms with E-state index in [4.69, 9.17) is 4.74 Å². The zero-order valence-corrected chi connectivity index (χ0v) is 29.9. The molecular formula is C40H36N2O5P2Si. The van der Waals surface area contributed by atoms with E-state index in [1.54, 1.807) is 4.90 Å². The van der Waals surface area contributed by atoms with Crippen molar-refractivity contribution in [3.8, 4) is 11.5 Å². The van der Waals surface area contributed by atoms with Gasteiger partial charge < -0.3 is 24.4 Å². The molecule has 250 valence electrons. The largest absolute Gasteiger partial charge is 0.492 e. The molecule has 0 radical (unpaired) electrons. The molecule has 0 spiro atoms. The first-order valence-corrected chi connectivity index (χ1v) is 21.1. The Bertz CT molecular complexity index is 1860. The number of benzene rings is 6. The van der Waals surface area contributed by atoms with Crippen molar-refractivity contribution in [2.24, 2.45) is 0 Å². The Balaban J connectivity index is 1.41. The number of anilines is 2. The van der Waals surface area contributed by atoms with E-state index in [9.17, 15) is 19.2 Å². The molecule has 0 atom stereocenters. The number of hydrogen-bond acceptors (Lipinski definition) is 5. The van der Waals surface area contributed by atoms with Crippen LogP contribution in [0, 0.1) is 0 Å². The van der Waals surface area contributed by atoms with Gasteiger partial charge in [-0.3, -0.25) is 4.90 Å². The van der Waals surface area contributed by atoms with Crippen molar-refractivity contribution < 1.29 is 23.9 Å². The molecule has 0 fully saturated rings. The van der Waals surface area contributed by atoms with E-state index >= 15 is 0 Å². The Morgan fingerprint density at radius 1 is 0.560 bits per heavy atom. The SMILES string of the molecule is O=C(NCCC[Si](O)(O)O)N1c2cccc(P(c3ccccc3)c3ccccc3)c2Oc2c1cccc2P(c1ccccc1)c1ccccc1. The molecule has 0 bridgehead atoms. The minimum Gasteiger partial charge on any atom is -0.452 e. The summed E-state index contributed by atoms with van der Waals surface area (Å²) in [6.45, 7) is 0.151. The molecule has 10 heteroatoms. The third-order valence-corrected chi connectivity index (χ3v) is 14.3. The second-order valence-electron chi connectivity index (χ2n) is 11.8. The van der Waals surface area contributed by atoms with Crippen molar-refractivity contribution in [3.63, 3.8) is 0 Å². The number of rotatable bonds is 10. The summed E-state index contributed by atoms with van der Waals surface area (Å²) in [6, 6.07) is 53.0. The normalized spacial score (nSPS) is 12.3. The van der Waals surface area contributed by atoms with Gasteiger partial charge in [-0.2, -0.15) is 0 Å². The van der Waals surface area contributed by atoms with Crippen molar-refractivity contribution in [1.29, 1.82) is 0 Å². The number of nitrogens with one attached hydrogen (secondary N) is 1. The first-order valence-electron chi connectivity index (χ1n) is 16.4. The van der Waals surface area contributed by atoms with Crippen LogP contribution in [0.2, 0.25) is 6.04 Å². The van der Waals surface area contributed by atoms with Crippen molar-refractivity contribution in [3.05, 3.63) is 158 Å². The van der Waals surface area contributed by atoms with Crippen molar-refractivity contribution in [2.75, 3.05) is 11.4 Å². The van der Waals surface area contributed by atoms with Gasteiger partial charge in [0, 0.05) is 23.2 Å². The summed E-state index contributed by atoms with van der Waals surface area (Å²) in [6.07, 6.45) is 0.215. The number of hydrogen-bond donors (Lipinski definition) is 4. The first kappa shape index (κ1) is 33.8. The van der Waals surface area contributed by atoms with Crippen LogP contribution >= 0.6 is 15.8 Å². The molecule has 4 N–H and O–H groups in total. The number of carbonyl (C=O) groups is 1. The van der Waals surface area contributed by atoms with Crippen LogP contribution in [0.4, 0.5) is 16.2 Å². The predicted octanol–water partition coefficient (Wildman–Crippen LogP) is 5.46. The van der Waals surface area contributed by atoms with Crippen LogP contribution < -0.4 is 46.8 Å². The van der Waals surface area contributed by atoms with Gasteiger partial charge in [0.2, 0.25) is 0 Å². The predicted molar refractivity (Wildman–Crippen MR) is 208 cm³/mol. The highest BCUT2D eigenvalue weighted by Crippen LogP contribution is 2.51. The van der Waals surface area contributed by atoms with Crippen LogP contribution in [-0.4, -0.2) is 35.8 Å². The van der Waals surface area contributed by atoms with Crippen molar-refractivity contribution in [2.45, 2.75) is 12.5 Å². The van der Waals surface area contributed by atoms with Gasteiger partial charge in [0.05, 0.1) is 11.4 Å². The summed E-state index contributed by atoms with van der Waals surface area (Å²) >= 11 is 0. The Morgan fingerprint density at radius 2 is 0.940 bits per heavy atom. The van der Waals surface area contributed by atoms with Gasteiger partial charge >= 0.3 is 14.8 Å². The standard InChI is InChI=1S/C40H36N2O5P2Si/c43-40(41-28-15-29-50(44,45)46)42-34-24-13-26-36(48(30-16-5-1-6-17-30)31-18-7-2-8-19-31)38(34)47-39-35(42)25-14-27-37(39)49(32-20-9-3-10-21-32)33-22-11-4-12-23-33/h1-14,16-27,44-46H,15,28-29H2,(H,41,43). The summed E-state index contributed by atoms with van der Waals surface area (Å²) in [5, 5.41) is 9.54. The van der Waals surface area contributed by atoms with E-state index in [-0.39, 0.29) is 25.0 Å². The molecule has 6 aromatic rings. The summed E-state index contributed by atoms with van der Waals surface area (Å²) in [4.78, 5) is 44.6. The number of amides is 2. The van der Waals surface area contributed by atoms with Gasteiger partial charge in [-0.05, 0) is 67.7 Å². The Labute approximate surface area is 295 Å². The Hall–Kier alpha value is -4.65. The van der Waals surface area contributed by atoms with Crippen molar-refractivity contribution >= 4 is 73.9 Å². The molecule has 1 aliphatic heterocycles. The monoisotopic (exact) mass is 714 g/mol. The quantitative estimate of drug-likeness (QED) is 0.0858. The molecule has 6 aromatic carbocycles. The van der Waals surface area contributed by atoms with Crippen LogP contribution in [0.15, 0.2) is 158 Å². The fourth-order valence-electron chi connectivity index (χ4n) is 6.15. The van der Waals surface area contributed by atoms with Gasteiger partial charge in [0.25, 0.3) is 0 Å². The minimum atomic E-state index is -4.23. The lowest BCUT2D eigenvalue weighted by Gasteiger charge is -2.35. The molecule has 0 saturated carbocycles. The highest BCUT2D eigenvalue weighted by atomic mass is 31.1. The molecule has 7 nitrogen and oxygen atoms in total. The number of urea groups is 1. The molecule has 0 aromatic heterocycles. The molecule has 50 heavy (non-hydrogen) atoms. The van der Waals surface area contributed by atoms with Gasteiger partial charge in [-0.25, -0.2) is 4.79 Å². The summed E-state index contributed by atoms with van der Waals surface area (Å²) in [5.74, 6) is 1.23. The van der Waals surface area contributed by atoms with Gasteiger partial charge in [-0.1, -0.05) is 133 Å². The Kier molecular flexibility index (Phi) is 10.2. The molecule has 2 amide bonds. The topological polar surface area (TPSA) is 102 Å². The second-order valence-corrected chi connectivity index (χ2v) is 18.2. The van der Waals surface area contributed by atoms with Gasteiger partial charge in [-0.15, -0.1) is 0 Å². The Morgan fingerprint density at radius 3 is 1.30 bits per heavy atom. The summed E-state index contributed by atoms with van der Waals surface area (Å²) in [7, 11) is -6.40. The number of nitrogens with zero attached hydrogens (tertiary/aromatic N) is 1. The molecular weight excluding hydrogens is 678 g/mol. The first-order chi connectivity index (χ1) is 24.4. The third kappa shape index (κ3) is 7.28. The van der Waals surface area contributed by atoms with E-state index in [1.165, 1.54) is 0 Å². The number of carbonyl (C=O) groups excluding carboxylic acids is 1.